The van der Waals surface area contributed by atoms with E-state index < -0.39 is 34.1 Å². The second kappa shape index (κ2) is 5.75. The van der Waals surface area contributed by atoms with Crippen LogP contribution < -0.4 is 0 Å². The zero-order valence-corrected chi connectivity index (χ0v) is 12.1. The lowest BCUT2D eigenvalue weighted by atomic mass is 9.63. The monoisotopic (exact) mass is 307 g/mol. The Kier molecular flexibility index (Phi) is 4.16. The van der Waals surface area contributed by atoms with Gasteiger partial charge in [0.2, 0.25) is 0 Å². The number of carbonyl (C=O) groups is 2. The van der Waals surface area contributed by atoms with Crippen molar-refractivity contribution >= 4 is 17.6 Å². The Labute approximate surface area is 126 Å². The molecule has 7 nitrogen and oxygen atoms in total. The van der Waals surface area contributed by atoms with Crippen LogP contribution in [0.25, 0.3) is 0 Å². The maximum absolute atomic E-state index is 11.4. The van der Waals surface area contributed by atoms with Gasteiger partial charge in [-0.3, -0.25) is 19.7 Å². The van der Waals surface area contributed by atoms with Gasteiger partial charge in [-0.05, 0) is 30.2 Å². The molecule has 7 heteroatoms. The summed E-state index contributed by atoms with van der Waals surface area (Å²) < 4.78 is 0. The molecule has 0 amide bonds. The molecule has 0 radical (unpaired) electrons. The molecule has 0 aliphatic heterocycles. The highest BCUT2D eigenvalue weighted by molar-refractivity contribution is 5.80. The molecule has 1 aromatic carbocycles. The number of carboxylic acid groups (broad SMARTS) is 2. The van der Waals surface area contributed by atoms with Gasteiger partial charge in [0, 0.05) is 12.1 Å². The third-order valence-electron chi connectivity index (χ3n) is 4.57. The van der Waals surface area contributed by atoms with Crippen LogP contribution >= 0.6 is 0 Å². The highest BCUT2D eigenvalue weighted by Gasteiger charge is 2.45. The molecule has 1 aromatic rings. The Balaban J connectivity index is 2.28. The standard InChI is InChI=1S/C15H17NO6/c1-15(9-2-4-10(5-3-9)16(21)22)7-6-11(13(17)18)12(8-15)14(19)20/h2-5,11-12H,6-8H2,1H3,(H,17,18)(H,19,20). The third kappa shape index (κ3) is 2.93. The maximum Gasteiger partial charge on any atom is 0.307 e. The van der Waals surface area contributed by atoms with Gasteiger partial charge in [-0.25, -0.2) is 0 Å². The lowest BCUT2D eigenvalue weighted by Crippen LogP contribution is -2.41. The molecule has 118 valence electrons. The van der Waals surface area contributed by atoms with E-state index in [0.717, 1.165) is 5.56 Å². The maximum atomic E-state index is 11.4. The number of non-ortho nitro benzene ring substituents is 1. The van der Waals surface area contributed by atoms with Crippen LogP contribution in [-0.2, 0) is 15.0 Å². The van der Waals surface area contributed by atoms with Crippen LogP contribution in [0.15, 0.2) is 24.3 Å². The summed E-state index contributed by atoms with van der Waals surface area (Å²) in [7, 11) is 0. The molecule has 0 spiro atoms. The number of carboxylic acids is 2. The summed E-state index contributed by atoms with van der Waals surface area (Å²) in [5.41, 5.74) is 0.277. The van der Waals surface area contributed by atoms with Crippen molar-refractivity contribution < 1.29 is 24.7 Å². The summed E-state index contributed by atoms with van der Waals surface area (Å²) in [5, 5.41) is 29.1. The van der Waals surface area contributed by atoms with E-state index in [-0.39, 0.29) is 18.5 Å². The van der Waals surface area contributed by atoms with Gasteiger partial charge in [0.05, 0.1) is 16.8 Å². The minimum absolute atomic E-state index is 0.0265. The van der Waals surface area contributed by atoms with Gasteiger partial charge in [0.1, 0.15) is 0 Å². The van der Waals surface area contributed by atoms with Gasteiger partial charge in [0.25, 0.3) is 5.69 Å². The van der Waals surface area contributed by atoms with E-state index in [2.05, 4.69) is 0 Å². The zero-order chi connectivity index (χ0) is 16.5. The average molecular weight is 307 g/mol. The first-order valence-electron chi connectivity index (χ1n) is 6.95. The van der Waals surface area contributed by atoms with Gasteiger partial charge in [-0.2, -0.15) is 0 Å². The van der Waals surface area contributed by atoms with Crippen LogP contribution in [-0.4, -0.2) is 27.1 Å². The first-order chi connectivity index (χ1) is 10.2. The normalized spacial score (nSPS) is 28.0. The number of nitro groups is 1. The quantitative estimate of drug-likeness (QED) is 0.651. The molecule has 1 fully saturated rings. The summed E-state index contributed by atoms with van der Waals surface area (Å²) in [4.78, 5) is 32.8. The van der Waals surface area contributed by atoms with Gasteiger partial charge < -0.3 is 10.2 Å². The van der Waals surface area contributed by atoms with Crippen LogP contribution in [0.5, 0.6) is 0 Å². The molecule has 1 saturated carbocycles. The Morgan fingerprint density at radius 1 is 1.18 bits per heavy atom. The molecule has 3 atom stereocenters. The molecule has 1 aliphatic carbocycles. The van der Waals surface area contributed by atoms with Crippen molar-refractivity contribution in [1.29, 1.82) is 0 Å². The topological polar surface area (TPSA) is 118 Å². The van der Waals surface area contributed by atoms with Crippen molar-refractivity contribution in [3.63, 3.8) is 0 Å². The van der Waals surface area contributed by atoms with Crippen molar-refractivity contribution in [2.75, 3.05) is 0 Å². The Hall–Kier alpha value is -2.44. The average Bonchev–Trinajstić information content (AvgIpc) is 2.46. The minimum Gasteiger partial charge on any atom is -0.481 e. The fourth-order valence-corrected chi connectivity index (χ4v) is 3.21. The molecule has 1 aliphatic rings. The molecule has 2 rings (SSSR count). The van der Waals surface area contributed by atoms with Crippen LogP contribution in [0.1, 0.15) is 31.7 Å². The summed E-state index contributed by atoms with van der Waals surface area (Å²) >= 11 is 0. The second-order valence-corrected chi connectivity index (χ2v) is 6.00. The Morgan fingerprint density at radius 2 is 1.73 bits per heavy atom. The summed E-state index contributed by atoms with van der Waals surface area (Å²) in [6.45, 7) is 1.88. The number of nitrogens with zero attached hydrogens (tertiary/aromatic N) is 1. The molecule has 22 heavy (non-hydrogen) atoms. The van der Waals surface area contributed by atoms with Crippen LogP contribution in [0.3, 0.4) is 0 Å². The molecular weight excluding hydrogens is 290 g/mol. The highest BCUT2D eigenvalue weighted by atomic mass is 16.6. The van der Waals surface area contributed by atoms with Crippen molar-refractivity contribution in [2.45, 2.75) is 31.6 Å². The highest BCUT2D eigenvalue weighted by Crippen LogP contribution is 2.44. The number of hydrogen-bond acceptors (Lipinski definition) is 4. The van der Waals surface area contributed by atoms with E-state index in [1.165, 1.54) is 12.1 Å². The molecular formula is C15H17NO6. The van der Waals surface area contributed by atoms with E-state index in [1.54, 1.807) is 12.1 Å². The SMILES string of the molecule is CC1(c2ccc([N+](=O)[O-])cc2)CCC(C(=O)O)C(C(=O)O)C1. The first-order valence-corrected chi connectivity index (χ1v) is 6.95. The van der Waals surface area contributed by atoms with E-state index in [1.807, 2.05) is 6.92 Å². The summed E-state index contributed by atoms with van der Waals surface area (Å²) in [6, 6.07) is 6.02. The van der Waals surface area contributed by atoms with E-state index >= 15 is 0 Å². The number of benzene rings is 1. The van der Waals surface area contributed by atoms with E-state index in [9.17, 15) is 24.8 Å². The lowest BCUT2D eigenvalue weighted by molar-refractivity contribution is -0.384. The molecule has 0 bridgehead atoms. The smallest absolute Gasteiger partial charge is 0.307 e. The molecule has 2 N–H and O–H groups in total. The van der Waals surface area contributed by atoms with Gasteiger partial charge in [-0.15, -0.1) is 0 Å². The minimum atomic E-state index is -1.11. The first kappa shape index (κ1) is 15.9. The predicted molar refractivity (Wildman–Crippen MR) is 76.6 cm³/mol. The van der Waals surface area contributed by atoms with E-state index in [4.69, 9.17) is 5.11 Å². The predicted octanol–water partition coefficient (Wildman–Crippen LogP) is 2.44. The number of rotatable bonds is 4. The fraction of sp³-hybridized carbons (Fsp3) is 0.467. The van der Waals surface area contributed by atoms with Crippen LogP contribution in [0.2, 0.25) is 0 Å². The summed E-state index contributed by atoms with van der Waals surface area (Å²) in [5.74, 6) is -4.03. The van der Waals surface area contributed by atoms with Crippen molar-refractivity contribution in [2.24, 2.45) is 11.8 Å². The zero-order valence-electron chi connectivity index (χ0n) is 12.1. The largest absolute Gasteiger partial charge is 0.481 e. The lowest BCUT2D eigenvalue weighted by Gasteiger charge is -2.40. The Morgan fingerprint density at radius 3 is 2.18 bits per heavy atom. The van der Waals surface area contributed by atoms with Gasteiger partial charge in [0.15, 0.2) is 0 Å². The third-order valence-corrected chi connectivity index (χ3v) is 4.57. The Bertz CT molecular complexity index is 611. The fourth-order valence-electron chi connectivity index (χ4n) is 3.21. The second-order valence-electron chi connectivity index (χ2n) is 6.00. The number of hydrogen-bond donors (Lipinski definition) is 2. The molecule has 0 saturated heterocycles. The summed E-state index contributed by atoms with van der Waals surface area (Å²) in [6.07, 6.45) is 1.02. The molecule has 0 aromatic heterocycles. The van der Waals surface area contributed by atoms with Gasteiger partial charge in [-0.1, -0.05) is 19.1 Å². The number of aliphatic carboxylic acids is 2. The molecule has 0 heterocycles. The van der Waals surface area contributed by atoms with Crippen molar-refractivity contribution in [3.05, 3.63) is 39.9 Å². The van der Waals surface area contributed by atoms with E-state index in [0.29, 0.717) is 6.42 Å². The van der Waals surface area contributed by atoms with Gasteiger partial charge >= 0.3 is 11.9 Å². The number of nitro benzene ring substituents is 1. The van der Waals surface area contributed by atoms with Crippen molar-refractivity contribution in [3.8, 4) is 0 Å². The van der Waals surface area contributed by atoms with Crippen LogP contribution in [0.4, 0.5) is 5.69 Å². The molecule has 3 unspecified atom stereocenters. The van der Waals surface area contributed by atoms with Crippen molar-refractivity contribution in [1.82, 2.24) is 0 Å². The van der Waals surface area contributed by atoms with Crippen LogP contribution in [0, 0.1) is 22.0 Å².